The predicted octanol–water partition coefficient (Wildman–Crippen LogP) is 3.06. The van der Waals surface area contributed by atoms with Crippen molar-refractivity contribution in [1.82, 2.24) is 25.0 Å². The SMILES string of the molecule is COc1ccc(Cc2nc(NC(=O)c3cc(-c4ccccc4)nn3C)n[nH]2)cc1. The van der Waals surface area contributed by atoms with E-state index in [1.165, 1.54) is 0 Å². The Balaban J connectivity index is 1.44. The number of anilines is 1. The highest BCUT2D eigenvalue weighted by molar-refractivity contribution is 6.02. The van der Waals surface area contributed by atoms with E-state index in [1.807, 2.05) is 54.6 Å². The van der Waals surface area contributed by atoms with Gasteiger partial charge in [0.15, 0.2) is 0 Å². The summed E-state index contributed by atoms with van der Waals surface area (Å²) in [6.45, 7) is 0. The molecule has 0 saturated carbocycles. The number of ether oxygens (including phenoxy) is 1. The van der Waals surface area contributed by atoms with Crippen LogP contribution in [0.1, 0.15) is 21.9 Å². The lowest BCUT2D eigenvalue weighted by Gasteiger charge is -2.01. The number of aromatic nitrogens is 5. The quantitative estimate of drug-likeness (QED) is 0.529. The van der Waals surface area contributed by atoms with Gasteiger partial charge in [0.2, 0.25) is 5.95 Å². The van der Waals surface area contributed by atoms with Crippen LogP contribution in [0.2, 0.25) is 0 Å². The number of hydrogen-bond donors (Lipinski definition) is 2. The third kappa shape index (κ3) is 4.16. The van der Waals surface area contributed by atoms with Gasteiger partial charge in [0, 0.05) is 19.0 Å². The van der Waals surface area contributed by atoms with E-state index in [9.17, 15) is 4.79 Å². The van der Waals surface area contributed by atoms with E-state index in [-0.39, 0.29) is 11.9 Å². The number of nitrogens with zero attached hydrogens (tertiary/aromatic N) is 4. The average molecular weight is 388 g/mol. The molecule has 8 nitrogen and oxygen atoms in total. The third-order valence-corrected chi connectivity index (χ3v) is 4.47. The van der Waals surface area contributed by atoms with Gasteiger partial charge in [0.05, 0.1) is 12.8 Å². The first kappa shape index (κ1) is 18.4. The minimum absolute atomic E-state index is 0.223. The highest BCUT2D eigenvalue weighted by Gasteiger charge is 2.16. The third-order valence-electron chi connectivity index (χ3n) is 4.47. The number of hydrogen-bond acceptors (Lipinski definition) is 5. The summed E-state index contributed by atoms with van der Waals surface area (Å²) in [4.78, 5) is 17.0. The Morgan fingerprint density at radius 1 is 1.14 bits per heavy atom. The van der Waals surface area contributed by atoms with E-state index in [0.717, 1.165) is 22.6 Å². The summed E-state index contributed by atoms with van der Waals surface area (Å²) in [6.07, 6.45) is 0.566. The molecule has 8 heteroatoms. The summed E-state index contributed by atoms with van der Waals surface area (Å²) >= 11 is 0. The van der Waals surface area contributed by atoms with Gasteiger partial charge >= 0.3 is 0 Å². The van der Waals surface area contributed by atoms with Crippen LogP contribution in [0.15, 0.2) is 60.7 Å². The first-order valence-corrected chi connectivity index (χ1v) is 9.07. The molecule has 2 aromatic heterocycles. The Morgan fingerprint density at radius 2 is 1.90 bits per heavy atom. The summed E-state index contributed by atoms with van der Waals surface area (Å²) in [5.41, 5.74) is 3.15. The van der Waals surface area contributed by atoms with Crippen LogP contribution in [0.3, 0.4) is 0 Å². The molecule has 0 aliphatic rings. The standard InChI is InChI=1S/C21H20N6O2/c1-27-18(13-17(26-27)15-6-4-3-5-7-15)20(28)23-21-22-19(24-25-21)12-14-8-10-16(29-2)11-9-14/h3-11,13H,12H2,1-2H3,(H2,22,23,24,25,28). The minimum Gasteiger partial charge on any atom is -0.497 e. The number of benzene rings is 2. The number of amides is 1. The summed E-state index contributed by atoms with van der Waals surface area (Å²) in [5, 5.41) is 14.1. The summed E-state index contributed by atoms with van der Waals surface area (Å²) < 4.78 is 6.70. The van der Waals surface area contributed by atoms with Gasteiger partial charge in [-0.2, -0.15) is 10.1 Å². The molecule has 0 radical (unpaired) electrons. The molecule has 0 spiro atoms. The Bertz CT molecular complexity index is 1120. The van der Waals surface area contributed by atoms with Crippen molar-refractivity contribution in [2.45, 2.75) is 6.42 Å². The molecule has 2 aromatic carbocycles. The summed E-state index contributed by atoms with van der Waals surface area (Å²) in [5.74, 6) is 1.35. The lowest BCUT2D eigenvalue weighted by molar-refractivity contribution is 0.101. The first-order chi connectivity index (χ1) is 14.1. The van der Waals surface area contributed by atoms with Gasteiger partial charge in [0.25, 0.3) is 5.91 Å². The fraction of sp³-hybridized carbons (Fsp3) is 0.143. The number of aryl methyl sites for hydroxylation is 1. The number of methoxy groups -OCH3 is 1. The zero-order valence-corrected chi connectivity index (χ0v) is 16.1. The van der Waals surface area contributed by atoms with Gasteiger partial charge in [-0.05, 0) is 23.8 Å². The molecule has 2 N–H and O–H groups in total. The second-order valence-corrected chi connectivity index (χ2v) is 6.49. The molecular formula is C21H20N6O2. The summed E-state index contributed by atoms with van der Waals surface area (Å²) in [7, 11) is 3.36. The molecule has 1 amide bonds. The fourth-order valence-corrected chi connectivity index (χ4v) is 2.96. The van der Waals surface area contributed by atoms with Crippen molar-refractivity contribution in [3.8, 4) is 17.0 Å². The van der Waals surface area contributed by atoms with Crippen molar-refractivity contribution >= 4 is 11.9 Å². The predicted molar refractivity (Wildman–Crippen MR) is 109 cm³/mol. The van der Waals surface area contributed by atoms with Crippen LogP contribution in [0.4, 0.5) is 5.95 Å². The Hall–Kier alpha value is -3.94. The van der Waals surface area contributed by atoms with E-state index in [4.69, 9.17) is 4.74 Å². The van der Waals surface area contributed by atoms with Crippen LogP contribution in [-0.2, 0) is 13.5 Å². The zero-order valence-electron chi connectivity index (χ0n) is 16.1. The van der Waals surface area contributed by atoms with Crippen molar-refractivity contribution in [2.24, 2.45) is 7.05 Å². The molecule has 4 aromatic rings. The number of carbonyl (C=O) groups is 1. The van der Waals surface area contributed by atoms with Crippen molar-refractivity contribution in [2.75, 3.05) is 12.4 Å². The first-order valence-electron chi connectivity index (χ1n) is 9.07. The molecule has 146 valence electrons. The van der Waals surface area contributed by atoms with Crippen LogP contribution >= 0.6 is 0 Å². The van der Waals surface area contributed by atoms with Crippen molar-refractivity contribution in [1.29, 1.82) is 0 Å². The molecule has 2 heterocycles. The van der Waals surface area contributed by atoms with E-state index in [2.05, 4.69) is 25.6 Å². The molecule has 29 heavy (non-hydrogen) atoms. The van der Waals surface area contributed by atoms with Gasteiger partial charge in [0.1, 0.15) is 17.3 Å². The Morgan fingerprint density at radius 3 is 2.62 bits per heavy atom. The second kappa shape index (κ2) is 7.97. The number of aromatic amines is 1. The Labute approximate surface area is 167 Å². The van der Waals surface area contributed by atoms with E-state index >= 15 is 0 Å². The van der Waals surface area contributed by atoms with E-state index < -0.39 is 0 Å². The lowest BCUT2D eigenvalue weighted by atomic mass is 10.1. The van der Waals surface area contributed by atoms with Gasteiger partial charge in [-0.3, -0.25) is 19.9 Å². The molecule has 0 unspecified atom stereocenters. The number of rotatable bonds is 6. The molecule has 4 rings (SSSR count). The van der Waals surface area contributed by atoms with Crippen LogP contribution in [0.25, 0.3) is 11.3 Å². The normalized spacial score (nSPS) is 10.7. The maximum absolute atomic E-state index is 12.6. The largest absolute Gasteiger partial charge is 0.497 e. The lowest BCUT2D eigenvalue weighted by Crippen LogP contribution is -2.16. The highest BCUT2D eigenvalue weighted by atomic mass is 16.5. The van der Waals surface area contributed by atoms with Crippen LogP contribution in [0.5, 0.6) is 5.75 Å². The minimum atomic E-state index is -0.322. The van der Waals surface area contributed by atoms with Gasteiger partial charge < -0.3 is 4.74 Å². The molecule has 0 saturated heterocycles. The summed E-state index contributed by atoms with van der Waals surface area (Å²) in [6, 6.07) is 19.1. The number of nitrogens with one attached hydrogen (secondary N) is 2. The molecule has 0 fully saturated rings. The molecular weight excluding hydrogens is 368 g/mol. The molecule has 0 aliphatic heterocycles. The molecule has 0 atom stereocenters. The van der Waals surface area contributed by atoms with Crippen LogP contribution < -0.4 is 10.1 Å². The zero-order chi connectivity index (χ0) is 20.2. The van der Waals surface area contributed by atoms with E-state index in [1.54, 1.807) is 24.9 Å². The van der Waals surface area contributed by atoms with Crippen molar-refractivity contribution in [3.05, 3.63) is 77.7 Å². The monoisotopic (exact) mass is 388 g/mol. The number of carbonyl (C=O) groups excluding carboxylic acids is 1. The van der Waals surface area contributed by atoms with Crippen LogP contribution in [0, 0.1) is 0 Å². The van der Waals surface area contributed by atoms with Gasteiger partial charge in [-0.25, -0.2) is 0 Å². The highest BCUT2D eigenvalue weighted by Crippen LogP contribution is 2.19. The van der Waals surface area contributed by atoms with Crippen molar-refractivity contribution in [3.63, 3.8) is 0 Å². The maximum Gasteiger partial charge on any atom is 0.276 e. The van der Waals surface area contributed by atoms with Crippen LogP contribution in [-0.4, -0.2) is 38.0 Å². The van der Waals surface area contributed by atoms with Gasteiger partial charge in [-0.1, -0.05) is 42.5 Å². The van der Waals surface area contributed by atoms with Gasteiger partial charge in [-0.15, -0.1) is 5.10 Å². The number of H-pyrrole nitrogens is 1. The average Bonchev–Trinajstić information content (AvgIpc) is 3.35. The van der Waals surface area contributed by atoms with E-state index in [0.29, 0.717) is 17.9 Å². The topological polar surface area (TPSA) is 97.7 Å². The fourth-order valence-electron chi connectivity index (χ4n) is 2.96. The molecule has 0 aliphatic carbocycles. The second-order valence-electron chi connectivity index (χ2n) is 6.49. The Kier molecular flexibility index (Phi) is 5.07. The smallest absolute Gasteiger partial charge is 0.276 e. The molecule has 0 bridgehead atoms. The van der Waals surface area contributed by atoms with Crippen molar-refractivity contribution < 1.29 is 9.53 Å². The maximum atomic E-state index is 12.6.